The summed E-state index contributed by atoms with van der Waals surface area (Å²) in [5, 5.41) is 31.8. The molecule has 3 aliphatic heterocycles. The van der Waals surface area contributed by atoms with Gasteiger partial charge in [-0.15, -0.1) is 0 Å². The largest absolute Gasteiger partial charge is 0.394 e. The lowest BCUT2D eigenvalue weighted by Crippen LogP contribution is -2.63. The molecule has 0 aromatic rings. The predicted octanol–water partition coefficient (Wildman–Crippen LogP) is -3.84. The van der Waals surface area contributed by atoms with Crippen LogP contribution in [0.5, 0.6) is 0 Å². The third-order valence-electron chi connectivity index (χ3n) is 4.15. The predicted molar refractivity (Wildman–Crippen MR) is 74.2 cm³/mol. The topological polar surface area (TPSA) is 144 Å². The second-order valence-corrected chi connectivity index (χ2v) is 6.11. The van der Waals surface area contributed by atoms with Crippen LogP contribution < -0.4 is 11.1 Å². The van der Waals surface area contributed by atoms with Crippen LogP contribution in [0.1, 0.15) is 6.92 Å². The highest BCUT2D eigenvalue weighted by molar-refractivity contribution is 6.10. The van der Waals surface area contributed by atoms with Gasteiger partial charge in [-0.25, -0.2) is 4.99 Å². The Balaban J connectivity index is 1.92. The van der Waals surface area contributed by atoms with E-state index in [-0.39, 0.29) is 12.6 Å². The fourth-order valence-corrected chi connectivity index (χ4v) is 3.12. The van der Waals surface area contributed by atoms with E-state index in [4.69, 9.17) is 10.5 Å². The number of hydrogen-bond donors (Lipinski definition) is 5. The van der Waals surface area contributed by atoms with Gasteiger partial charge in [0.1, 0.15) is 30.2 Å². The number of amidine groups is 1. The summed E-state index contributed by atoms with van der Waals surface area (Å²) in [6, 6.07) is -0.627. The average Bonchev–Trinajstić information content (AvgIpc) is 2.87. The van der Waals surface area contributed by atoms with Gasteiger partial charge in [-0.1, -0.05) is 0 Å². The van der Waals surface area contributed by atoms with E-state index in [1.54, 1.807) is 23.8 Å². The Bertz CT molecular complexity index is 512. The number of nitrogens with one attached hydrogen (secondary N) is 1. The van der Waals surface area contributed by atoms with Crippen LogP contribution >= 0.6 is 0 Å². The molecule has 0 radical (unpaired) electrons. The molecule has 3 aliphatic rings. The maximum absolute atomic E-state index is 12.2. The minimum absolute atomic E-state index is 0.277. The maximum Gasteiger partial charge on any atom is 0.248 e. The standard InChI is InChI=1S/C12H21N5O5/c1-12(13)14-9-6(10(21)15-12)16(2)4-17(9)11-8(20)7(19)5(3-18)22-11/h5-8,11,18-20H,3-4,13H2,1-2H3,(H,15,21)/t5-,6?,7-,8-,11-,12?/m1/s1. The molecule has 22 heavy (non-hydrogen) atoms. The lowest BCUT2D eigenvalue weighted by Gasteiger charge is -2.34. The molecular weight excluding hydrogens is 294 g/mol. The number of amides is 1. The highest BCUT2D eigenvalue weighted by atomic mass is 16.6. The van der Waals surface area contributed by atoms with E-state index in [2.05, 4.69) is 10.3 Å². The van der Waals surface area contributed by atoms with E-state index >= 15 is 0 Å². The summed E-state index contributed by atoms with van der Waals surface area (Å²) in [5.41, 5.74) is 5.89. The summed E-state index contributed by atoms with van der Waals surface area (Å²) in [6.45, 7) is 1.42. The molecule has 3 rings (SSSR count). The smallest absolute Gasteiger partial charge is 0.248 e. The number of ether oxygens (including phenoxy) is 1. The van der Waals surface area contributed by atoms with E-state index in [1.807, 2.05) is 0 Å². The monoisotopic (exact) mass is 315 g/mol. The van der Waals surface area contributed by atoms with Crippen LogP contribution in [0, 0.1) is 0 Å². The Labute approximate surface area is 127 Å². The third-order valence-corrected chi connectivity index (χ3v) is 4.15. The lowest BCUT2D eigenvalue weighted by molar-refractivity contribution is -0.125. The number of carbonyl (C=O) groups is 1. The number of carbonyl (C=O) groups excluding carboxylic acids is 1. The van der Waals surface area contributed by atoms with Crippen molar-refractivity contribution in [2.24, 2.45) is 10.7 Å². The Kier molecular flexibility index (Phi) is 3.62. The molecule has 6 atom stereocenters. The highest BCUT2D eigenvalue weighted by Gasteiger charge is 2.53. The van der Waals surface area contributed by atoms with Crippen molar-refractivity contribution in [1.29, 1.82) is 0 Å². The molecular formula is C12H21N5O5. The van der Waals surface area contributed by atoms with E-state index < -0.39 is 43.0 Å². The van der Waals surface area contributed by atoms with Crippen molar-refractivity contribution in [2.75, 3.05) is 20.3 Å². The molecule has 2 saturated heterocycles. The zero-order valence-electron chi connectivity index (χ0n) is 12.4. The minimum atomic E-state index is -1.25. The molecule has 6 N–H and O–H groups in total. The molecule has 0 bridgehead atoms. The fourth-order valence-electron chi connectivity index (χ4n) is 3.12. The van der Waals surface area contributed by atoms with Gasteiger partial charge in [0.15, 0.2) is 12.0 Å². The lowest BCUT2D eigenvalue weighted by atomic mass is 10.1. The van der Waals surface area contributed by atoms with Gasteiger partial charge in [0.2, 0.25) is 5.91 Å². The van der Waals surface area contributed by atoms with Gasteiger partial charge in [0.25, 0.3) is 0 Å². The second kappa shape index (κ2) is 5.11. The maximum atomic E-state index is 12.2. The fraction of sp³-hybridized carbons (Fsp3) is 0.833. The summed E-state index contributed by atoms with van der Waals surface area (Å²) in [5.74, 6) is -1.15. The van der Waals surface area contributed by atoms with Crippen molar-refractivity contribution in [3.8, 4) is 0 Å². The van der Waals surface area contributed by atoms with Crippen LogP contribution in [0.15, 0.2) is 4.99 Å². The van der Waals surface area contributed by atoms with Gasteiger partial charge in [-0.3, -0.25) is 15.4 Å². The first-order valence-corrected chi connectivity index (χ1v) is 7.05. The van der Waals surface area contributed by atoms with Crippen LogP contribution in [0.25, 0.3) is 0 Å². The van der Waals surface area contributed by atoms with Crippen molar-refractivity contribution < 1.29 is 24.9 Å². The van der Waals surface area contributed by atoms with Crippen LogP contribution in [0.2, 0.25) is 0 Å². The molecule has 0 aromatic heterocycles. The van der Waals surface area contributed by atoms with Gasteiger partial charge < -0.3 is 30.3 Å². The normalized spacial score (nSPS) is 45.7. The molecule has 0 spiro atoms. The zero-order chi connectivity index (χ0) is 16.2. The van der Waals surface area contributed by atoms with E-state index in [9.17, 15) is 20.1 Å². The number of likely N-dealkylation sites (N-methyl/N-ethyl adjacent to an activating group) is 1. The molecule has 1 amide bonds. The summed E-state index contributed by atoms with van der Waals surface area (Å²) in [6.07, 6.45) is -4.21. The molecule has 10 nitrogen and oxygen atoms in total. The van der Waals surface area contributed by atoms with E-state index in [1.165, 1.54) is 0 Å². The van der Waals surface area contributed by atoms with Crippen molar-refractivity contribution in [1.82, 2.24) is 15.1 Å². The molecule has 124 valence electrons. The van der Waals surface area contributed by atoms with Crippen molar-refractivity contribution in [2.45, 2.75) is 43.3 Å². The molecule has 0 aromatic carbocycles. The number of aliphatic imine (C=N–C) groups is 1. The van der Waals surface area contributed by atoms with Gasteiger partial charge in [0.05, 0.1) is 13.3 Å². The second-order valence-electron chi connectivity index (χ2n) is 6.11. The quantitative estimate of drug-likeness (QED) is 0.348. The van der Waals surface area contributed by atoms with Gasteiger partial charge in [-0.05, 0) is 14.0 Å². The van der Waals surface area contributed by atoms with Gasteiger partial charge in [-0.2, -0.15) is 0 Å². The molecule has 10 heteroatoms. The number of hydrogen-bond acceptors (Lipinski definition) is 9. The third kappa shape index (κ3) is 2.28. The Morgan fingerprint density at radius 2 is 2.18 bits per heavy atom. The van der Waals surface area contributed by atoms with Crippen LogP contribution in [0.3, 0.4) is 0 Å². The number of nitrogens with zero attached hydrogens (tertiary/aromatic N) is 3. The van der Waals surface area contributed by atoms with Gasteiger partial charge >= 0.3 is 0 Å². The van der Waals surface area contributed by atoms with Crippen LogP contribution in [0.4, 0.5) is 0 Å². The molecule has 2 fully saturated rings. The molecule has 0 saturated carbocycles. The summed E-state index contributed by atoms with van der Waals surface area (Å²) < 4.78 is 5.52. The molecule has 0 aliphatic carbocycles. The van der Waals surface area contributed by atoms with Crippen molar-refractivity contribution >= 4 is 11.7 Å². The molecule has 2 unspecified atom stereocenters. The summed E-state index contributed by atoms with van der Waals surface area (Å²) in [7, 11) is 1.74. The van der Waals surface area contributed by atoms with E-state index in [0.717, 1.165) is 0 Å². The first-order chi connectivity index (χ1) is 10.2. The Hall–Kier alpha value is -1.30. The Morgan fingerprint density at radius 1 is 1.50 bits per heavy atom. The van der Waals surface area contributed by atoms with Gasteiger partial charge in [0, 0.05) is 0 Å². The average molecular weight is 315 g/mol. The minimum Gasteiger partial charge on any atom is -0.394 e. The first kappa shape index (κ1) is 15.6. The summed E-state index contributed by atoms with van der Waals surface area (Å²) in [4.78, 5) is 19.9. The number of aliphatic hydroxyl groups is 3. The van der Waals surface area contributed by atoms with Crippen molar-refractivity contribution in [3.63, 3.8) is 0 Å². The first-order valence-electron chi connectivity index (χ1n) is 7.05. The SMILES string of the molecule is CN1CN([C@@H]2O[C@H](CO)[C@@H](O)[C@H]2O)C2=NC(C)(N)NC(=O)C21. The number of nitrogens with two attached hydrogens (primary N) is 1. The zero-order valence-corrected chi connectivity index (χ0v) is 12.4. The summed E-state index contributed by atoms with van der Waals surface area (Å²) >= 11 is 0. The van der Waals surface area contributed by atoms with Crippen LogP contribution in [-0.2, 0) is 9.53 Å². The van der Waals surface area contributed by atoms with Crippen molar-refractivity contribution in [3.05, 3.63) is 0 Å². The van der Waals surface area contributed by atoms with E-state index in [0.29, 0.717) is 5.84 Å². The molecule has 3 heterocycles. The van der Waals surface area contributed by atoms with Crippen LogP contribution in [-0.4, -0.2) is 93.6 Å². The highest BCUT2D eigenvalue weighted by Crippen LogP contribution is 2.30. The number of rotatable bonds is 2. The number of aliphatic hydroxyl groups excluding tert-OH is 3. The Morgan fingerprint density at radius 3 is 2.77 bits per heavy atom. The number of fused-ring (bicyclic) bond motifs is 1.